The average Bonchev–Trinajstić information content (AvgIpc) is 3.45. The molecule has 8 heteroatoms. The number of anilines is 2. The van der Waals surface area contributed by atoms with Gasteiger partial charge in [-0.25, -0.2) is 4.98 Å². The standard InChI is InChI=1S/C26H23N3O4S/c1-15-4-3-5-16(2)24(15)29-25(31)18-8-9-19-22(13-18)34-26(27-19)28-23(30)11-7-17-6-10-20-21(12-17)33-14-32-20/h3-6,8-10,12-13H,7,11,14H2,1-2H3,(H,29,31)(H,27,28,30). The molecular weight excluding hydrogens is 450 g/mol. The Balaban J connectivity index is 1.23. The van der Waals surface area contributed by atoms with Crippen LogP contribution in [-0.2, 0) is 11.2 Å². The highest BCUT2D eigenvalue weighted by atomic mass is 32.1. The lowest BCUT2D eigenvalue weighted by molar-refractivity contribution is -0.116. The fourth-order valence-corrected chi connectivity index (χ4v) is 4.77. The zero-order valence-corrected chi connectivity index (χ0v) is 19.6. The van der Waals surface area contributed by atoms with Crippen LogP contribution in [0.15, 0.2) is 54.6 Å². The van der Waals surface area contributed by atoms with Crippen molar-refractivity contribution in [3.8, 4) is 11.5 Å². The maximum Gasteiger partial charge on any atom is 0.255 e. The molecule has 172 valence electrons. The minimum Gasteiger partial charge on any atom is -0.454 e. The van der Waals surface area contributed by atoms with Gasteiger partial charge in [-0.2, -0.15) is 0 Å². The van der Waals surface area contributed by atoms with Crippen LogP contribution >= 0.6 is 11.3 Å². The largest absolute Gasteiger partial charge is 0.454 e. The molecule has 1 aromatic heterocycles. The van der Waals surface area contributed by atoms with Crippen molar-refractivity contribution < 1.29 is 19.1 Å². The van der Waals surface area contributed by atoms with Crippen molar-refractivity contribution in [2.75, 3.05) is 17.4 Å². The molecule has 1 aliphatic rings. The van der Waals surface area contributed by atoms with Gasteiger partial charge in [0.25, 0.3) is 5.91 Å². The number of benzene rings is 3. The van der Waals surface area contributed by atoms with Crippen LogP contribution in [0.4, 0.5) is 10.8 Å². The number of thiazole rings is 1. The van der Waals surface area contributed by atoms with Crippen LogP contribution < -0.4 is 20.1 Å². The number of aromatic nitrogens is 1. The first-order valence-corrected chi connectivity index (χ1v) is 11.7. The topological polar surface area (TPSA) is 89.6 Å². The lowest BCUT2D eigenvalue weighted by Crippen LogP contribution is -2.13. The maximum atomic E-state index is 12.8. The van der Waals surface area contributed by atoms with Crippen LogP contribution in [-0.4, -0.2) is 23.6 Å². The Morgan fingerprint density at radius 2 is 1.76 bits per heavy atom. The predicted octanol–water partition coefficient (Wildman–Crippen LogP) is 5.47. The van der Waals surface area contributed by atoms with Crippen LogP contribution in [0.2, 0.25) is 0 Å². The van der Waals surface area contributed by atoms with E-state index in [9.17, 15) is 9.59 Å². The van der Waals surface area contributed by atoms with Crippen LogP contribution in [0.1, 0.15) is 33.5 Å². The van der Waals surface area contributed by atoms with Gasteiger partial charge in [-0.15, -0.1) is 0 Å². The molecule has 0 aliphatic carbocycles. The quantitative estimate of drug-likeness (QED) is 0.388. The van der Waals surface area contributed by atoms with E-state index in [0.29, 0.717) is 29.3 Å². The van der Waals surface area contributed by atoms with E-state index in [1.54, 1.807) is 18.2 Å². The maximum absolute atomic E-state index is 12.8. The highest BCUT2D eigenvalue weighted by molar-refractivity contribution is 7.22. The van der Waals surface area contributed by atoms with Crippen LogP contribution in [0.5, 0.6) is 11.5 Å². The smallest absolute Gasteiger partial charge is 0.255 e. The second kappa shape index (κ2) is 9.15. The molecule has 0 spiro atoms. The molecule has 0 saturated carbocycles. The van der Waals surface area contributed by atoms with Gasteiger partial charge in [-0.3, -0.25) is 9.59 Å². The fraction of sp³-hybridized carbons (Fsp3) is 0.192. The third-order valence-electron chi connectivity index (χ3n) is 5.69. The predicted molar refractivity (Wildman–Crippen MR) is 133 cm³/mol. The number of nitrogens with one attached hydrogen (secondary N) is 2. The number of aryl methyl sites for hydroxylation is 3. The number of carbonyl (C=O) groups is 2. The van der Waals surface area contributed by atoms with Gasteiger partial charge in [0.1, 0.15) is 0 Å². The van der Waals surface area contributed by atoms with Gasteiger partial charge in [0.05, 0.1) is 10.2 Å². The molecule has 0 radical (unpaired) electrons. The lowest BCUT2D eigenvalue weighted by Gasteiger charge is -2.11. The Bertz CT molecular complexity index is 1390. The number of nitrogens with zero attached hydrogens (tertiary/aromatic N) is 1. The Morgan fingerprint density at radius 3 is 2.59 bits per heavy atom. The van der Waals surface area contributed by atoms with E-state index in [1.807, 2.05) is 50.2 Å². The van der Waals surface area contributed by atoms with Gasteiger partial charge in [0.2, 0.25) is 12.7 Å². The summed E-state index contributed by atoms with van der Waals surface area (Å²) >= 11 is 1.35. The molecular formula is C26H23N3O4S. The van der Waals surface area contributed by atoms with Gasteiger partial charge < -0.3 is 20.1 Å². The Morgan fingerprint density at radius 1 is 0.971 bits per heavy atom. The van der Waals surface area contributed by atoms with E-state index in [1.165, 1.54) is 11.3 Å². The zero-order chi connectivity index (χ0) is 23.7. The number of hydrogen-bond donors (Lipinski definition) is 2. The number of para-hydroxylation sites is 1. The van der Waals surface area contributed by atoms with Crippen molar-refractivity contribution >= 4 is 44.2 Å². The molecule has 2 amide bonds. The highest BCUT2D eigenvalue weighted by Crippen LogP contribution is 2.33. The molecule has 34 heavy (non-hydrogen) atoms. The first-order valence-electron chi connectivity index (χ1n) is 10.9. The van der Waals surface area contributed by atoms with Crippen molar-refractivity contribution in [1.82, 2.24) is 4.98 Å². The highest BCUT2D eigenvalue weighted by Gasteiger charge is 2.15. The summed E-state index contributed by atoms with van der Waals surface area (Å²) in [4.78, 5) is 29.8. The molecule has 2 N–H and O–H groups in total. The minimum atomic E-state index is -0.179. The van der Waals surface area contributed by atoms with E-state index in [0.717, 1.165) is 38.3 Å². The molecule has 0 bridgehead atoms. The summed E-state index contributed by atoms with van der Waals surface area (Å²) in [5.41, 5.74) is 5.13. The molecule has 2 heterocycles. The summed E-state index contributed by atoms with van der Waals surface area (Å²) in [5, 5.41) is 6.39. The van der Waals surface area contributed by atoms with Gasteiger partial charge in [0, 0.05) is 17.7 Å². The number of amides is 2. The zero-order valence-electron chi connectivity index (χ0n) is 18.8. The van der Waals surface area contributed by atoms with E-state index < -0.39 is 0 Å². The monoisotopic (exact) mass is 473 g/mol. The second-order valence-corrected chi connectivity index (χ2v) is 9.19. The fourth-order valence-electron chi connectivity index (χ4n) is 3.85. The number of fused-ring (bicyclic) bond motifs is 2. The molecule has 5 rings (SSSR count). The van der Waals surface area contributed by atoms with Gasteiger partial charge in [0.15, 0.2) is 16.6 Å². The van der Waals surface area contributed by atoms with Crippen LogP contribution in [0.25, 0.3) is 10.2 Å². The number of hydrogen-bond acceptors (Lipinski definition) is 6. The second-order valence-electron chi connectivity index (χ2n) is 8.16. The van der Waals surface area contributed by atoms with E-state index in [4.69, 9.17) is 9.47 Å². The Labute approximate surface area is 200 Å². The summed E-state index contributed by atoms with van der Waals surface area (Å²) in [6, 6.07) is 16.9. The molecule has 0 atom stereocenters. The molecule has 0 fully saturated rings. The van der Waals surface area contributed by atoms with Crippen molar-refractivity contribution in [3.63, 3.8) is 0 Å². The first kappa shape index (κ1) is 21.9. The summed E-state index contributed by atoms with van der Waals surface area (Å²) < 4.78 is 11.5. The minimum absolute atomic E-state index is 0.121. The van der Waals surface area contributed by atoms with Crippen molar-refractivity contribution in [1.29, 1.82) is 0 Å². The van der Waals surface area contributed by atoms with E-state index in [2.05, 4.69) is 15.6 Å². The number of rotatable bonds is 6. The Hall–Kier alpha value is -3.91. The molecule has 3 aromatic carbocycles. The summed E-state index contributed by atoms with van der Waals surface area (Å²) in [7, 11) is 0. The van der Waals surface area contributed by atoms with Crippen LogP contribution in [0.3, 0.4) is 0 Å². The number of ether oxygens (including phenoxy) is 2. The molecule has 1 aliphatic heterocycles. The molecule has 0 saturated heterocycles. The molecule has 0 unspecified atom stereocenters. The van der Waals surface area contributed by atoms with Crippen molar-refractivity contribution in [3.05, 3.63) is 76.9 Å². The van der Waals surface area contributed by atoms with Crippen LogP contribution in [0, 0.1) is 13.8 Å². The first-order chi connectivity index (χ1) is 16.5. The van der Waals surface area contributed by atoms with Crippen molar-refractivity contribution in [2.45, 2.75) is 26.7 Å². The van der Waals surface area contributed by atoms with Gasteiger partial charge in [-0.05, 0) is 67.3 Å². The third-order valence-corrected chi connectivity index (χ3v) is 6.63. The van der Waals surface area contributed by atoms with E-state index in [-0.39, 0.29) is 18.6 Å². The van der Waals surface area contributed by atoms with Gasteiger partial charge >= 0.3 is 0 Å². The Kier molecular flexibility index (Phi) is 5.90. The lowest BCUT2D eigenvalue weighted by atomic mass is 10.1. The van der Waals surface area contributed by atoms with E-state index >= 15 is 0 Å². The van der Waals surface area contributed by atoms with Gasteiger partial charge in [-0.1, -0.05) is 35.6 Å². The molecule has 4 aromatic rings. The number of carbonyl (C=O) groups excluding carboxylic acids is 2. The summed E-state index contributed by atoms with van der Waals surface area (Å²) in [6.45, 7) is 4.17. The molecule has 7 nitrogen and oxygen atoms in total. The summed E-state index contributed by atoms with van der Waals surface area (Å²) in [6.07, 6.45) is 0.898. The SMILES string of the molecule is Cc1cccc(C)c1NC(=O)c1ccc2nc(NC(=O)CCc3ccc4c(c3)OCO4)sc2c1. The summed E-state index contributed by atoms with van der Waals surface area (Å²) in [5.74, 6) is 1.14. The average molecular weight is 474 g/mol. The normalized spacial score (nSPS) is 12.1. The van der Waals surface area contributed by atoms with Crippen molar-refractivity contribution in [2.24, 2.45) is 0 Å². The third kappa shape index (κ3) is 4.58.